The molecule has 1 unspecified atom stereocenters. The van der Waals surface area contributed by atoms with Gasteiger partial charge in [0.05, 0.1) is 39.1 Å². The molecular weight excluding hydrogens is 733 g/mol. The third-order valence-corrected chi connectivity index (χ3v) is 12.5. The number of aromatic nitrogens is 2. The molecule has 12 aromatic rings. The van der Waals surface area contributed by atoms with Gasteiger partial charge in [-0.05, 0) is 89.5 Å². The molecule has 1 aliphatic heterocycles. The minimum absolute atomic E-state index is 0.0331. The zero-order valence-electron chi connectivity index (χ0n) is 32.5. The van der Waals surface area contributed by atoms with Crippen molar-refractivity contribution in [1.29, 1.82) is 0 Å². The summed E-state index contributed by atoms with van der Waals surface area (Å²) < 4.78 is 11.8. The predicted octanol–water partition coefficient (Wildman–Crippen LogP) is 14.7. The Bertz CT molecular complexity index is 3630. The fraction of sp³-hybridized carbons (Fsp3) is 0.0182. The zero-order valence-corrected chi connectivity index (χ0v) is 32.5. The topological polar surface area (TPSA) is 38.3 Å². The van der Waals surface area contributed by atoms with E-state index in [-0.39, 0.29) is 6.17 Å². The molecule has 3 aromatic heterocycles. The highest BCUT2D eigenvalue weighted by atomic mass is 16.3. The Morgan fingerprint density at radius 3 is 1.75 bits per heavy atom. The van der Waals surface area contributed by atoms with Gasteiger partial charge in [-0.15, -0.1) is 0 Å². The van der Waals surface area contributed by atoms with Gasteiger partial charge in [-0.2, -0.15) is 0 Å². The SMILES string of the molecule is c1ccc(N2c3ccccc3NC2c2ccc(-c3cccc4oc5c(-n6c7ccccc7c7cc8c(cc76)c6ccccc6n8-c6ccccc6)cccc5c34)cc2)cc1. The zero-order chi connectivity index (χ0) is 39.3. The van der Waals surface area contributed by atoms with E-state index in [9.17, 15) is 0 Å². The van der Waals surface area contributed by atoms with Gasteiger partial charge in [0.25, 0.3) is 0 Å². The maximum Gasteiger partial charge on any atom is 0.159 e. The van der Waals surface area contributed by atoms with E-state index in [0.29, 0.717) is 0 Å². The van der Waals surface area contributed by atoms with Crippen LogP contribution in [-0.4, -0.2) is 9.13 Å². The minimum Gasteiger partial charge on any atom is -0.454 e. The first kappa shape index (κ1) is 33.0. The second-order valence-electron chi connectivity index (χ2n) is 15.8. The number of benzene rings is 9. The van der Waals surface area contributed by atoms with Crippen LogP contribution in [0.5, 0.6) is 0 Å². The summed E-state index contributed by atoms with van der Waals surface area (Å²) in [6, 6.07) is 74.1. The number of para-hydroxylation sites is 7. The van der Waals surface area contributed by atoms with Crippen LogP contribution in [0.4, 0.5) is 17.1 Å². The van der Waals surface area contributed by atoms with E-state index in [1.54, 1.807) is 0 Å². The Balaban J connectivity index is 0.973. The molecule has 5 nitrogen and oxygen atoms in total. The van der Waals surface area contributed by atoms with Crippen LogP contribution in [0.25, 0.3) is 88.1 Å². The van der Waals surface area contributed by atoms with Crippen molar-refractivity contribution in [3.8, 4) is 22.5 Å². The van der Waals surface area contributed by atoms with Gasteiger partial charge in [-0.3, -0.25) is 0 Å². The van der Waals surface area contributed by atoms with Crippen LogP contribution in [-0.2, 0) is 0 Å². The Morgan fingerprint density at radius 2 is 1.00 bits per heavy atom. The molecule has 1 atom stereocenters. The van der Waals surface area contributed by atoms with E-state index in [1.165, 1.54) is 43.8 Å². The Kier molecular flexibility index (Phi) is 7.01. The molecule has 0 spiro atoms. The summed E-state index contributed by atoms with van der Waals surface area (Å²) in [6.07, 6.45) is -0.0331. The van der Waals surface area contributed by atoms with Crippen LogP contribution in [0.3, 0.4) is 0 Å². The van der Waals surface area contributed by atoms with Crippen molar-refractivity contribution in [2.24, 2.45) is 0 Å². The first-order valence-electron chi connectivity index (χ1n) is 20.6. The lowest BCUT2D eigenvalue weighted by Gasteiger charge is -2.27. The molecule has 1 N–H and O–H groups in total. The Morgan fingerprint density at radius 1 is 0.417 bits per heavy atom. The summed E-state index contributed by atoms with van der Waals surface area (Å²) in [5.74, 6) is 0. The van der Waals surface area contributed by atoms with E-state index in [4.69, 9.17) is 4.42 Å². The molecule has 1 aliphatic rings. The largest absolute Gasteiger partial charge is 0.454 e. The van der Waals surface area contributed by atoms with E-state index in [0.717, 1.165) is 66.8 Å². The third kappa shape index (κ3) is 4.74. The summed E-state index contributed by atoms with van der Waals surface area (Å²) in [5.41, 5.74) is 15.5. The van der Waals surface area contributed by atoms with Crippen LogP contribution >= 0.6 is 0 Å². The van der Waals surface area contributed by atoms with E-state index < -0.39 is 0 Å². The highest BCUT2D eigenvalue weighted by molar-refractivity contribution is 6.20. The summed E-state index contributed by atoms with van der Waals surface area (Å²) in [4.78, 5) is 2.39. The maximum atomic E-state index is 6.95. The summed E-state index contributed by atoms with van der Waals surface area (Å²) >= 11 is 0. The van der Waals surface area contributed by atoms with Gasteiger partial charge < -0.3 is 23.8 Å². The number of fused-ring (bicyclic) bond motifs is 10. The average molecular weight is 769 g/mol. The van der Waals surface area contributed by atoms with Crippen molar-refractivity contribution in [2.75, 3.05) is 10.2 Å². The van der Waals surface area contributed by atoms with Crippen molar-refractivity contribution >= 4 is 82.6 Å². The van der Waals surface area contributed by atoms with Crippen LogP contribution in [0.15, 0.2) is 211 Å². The molecule has 0 saturated carbocycles. The third-order valence-electron chi connectivity index (χ3n) is 12.5. The molecule has 0 bridgehead atoms. The molecule has 0 fully saturated rings. The second-order valence-corrected chi connectivity index (χ2v) is 15.8. The first-order valence-corrected chi connectivity index (χ1v) is 20.6. The minimum atomic E-state index is -0.0331. The van der Waals surface area contributed by atoms with Crippen molar-refractivity contribution in [1.82, 2.24) is 9.13 Å². The Hall–Kier alpha value is -8.02. The fourth-order valence-corrected chi connectivity index (χ4v) is 9.91. The van der Waals surface area contributed by atoms with Gasteiger partial charge in [-0.25, -0.2) is 0 Å². The summed E-state index contributed by atoms with van der Waals surface area (Å²) in [7, 11) is 0. The fourth-order valence-electron chi connectivity index (χ4n) is 9.91. The van der Waals surface area contributed by atoms with Crippen LogP contribution in [0.1, 0.15) is 11.7 Å². The van der Waals surface area contributed by atoms with Crippen LogP contribution in [0.2, 0.25) is 0 Å². The van der Waals surface area contributed by atoms with Gasteiger partial charge in [0.1, 0.15) is 11.7 Å². The number of nitrogens with zero attached hydrogens (tertiary/aromatic N) is 3. The molecule has 0 aliphatic carbocycles. The lowest BCUT2D eigenvalue weighted by Crippen LogP contribution is -2.23. The van der Waals surface area contributed by atoms with Gasteiger partial charge in [0, 0.05) is 43.7 Å². The standard InChI is InChI=1S/C55H36N4O/c1-3-15-37(16-4-1)57-46-24-10-7-19-40(46)43-34-51-44(33-50(43)57)41-20-8-11-25-47(41)59(51)49-27-13-22-42-53-39(21-14-28-52(53)60-54(42)49)35-29-31-36(32-30-35)55-56-45-23-9-12-26-48(45)58(55)38-17-5-2-6-18-38/h1-34,55-56H. The number of hydrogen-bond acceptors (Lipinski definition) is 3. The van der Waals surface area contributed by atoms with Crippen LogP contribution in [0, 0.1) is 0 Å². The van der Waals surface area contributed by atoms with Crippen molar-refractivity contribution in [3.05, 3.63) is 212 Å². The normalized spacial score (nSPS) is 13.9. The molecule has 13 rings (SSSR count). The summed E-state index contributed by atoms with van der Waals surface area (Å²) in [5, 5.41) is 10.9. The van der Waals surface area contributed by atoms with Gasteiger partial charge in [-0.1, -0.05) is 133 Å². The lowest BCUT2D eigenvalue weighted by atomic mass is 9.97. The number of rotatable bonds is 5. The molecule has 0 saturated heterocycles. The maximum absolute atomic E-state index is 6.95. The molecule has 0 radical (unpaired) electrons. The monoisotopic (exact) mass is 768 g/mol. The molecule has 4 heterocycles. The highest BCUT2D eigenvalue weighted by Crippen LogP contribution is 2.47. The molecule has 9 aromatic carbocycles. The quantitative estimate of drug-likeness (QED) is 0.189. The molecule has 282 valence electrons. The summed E-state index contributed by atoms with van der Waals surface area (Å²) in [6.45, 7) is 0. The van der Waals surface area contributed by atoms with Crippen molar-refractivity contribution < 1.29 is 4.42 Å². The van der Waals surface area contributed by atoms with Crippen molar-refractivity contribution in [3.63, 3.8) is 0 Å². The molecule has 60 heavy (non-hydrogen) atoms. The van der Waals surface area contributed by atoms with Gasteiger partial charge >= 0.3 is 0 Å². The predicted molar refractivity (Wildman–Crippen MR) is 249 cm³/mol. The van der Waals surface area contributed by atoms with E-state index in [1.807, 2.05) is 0 Å². The first-order chi connectivity index (χ1) is 29.8. The molecule has 0 amide bonds. The van der Waals surface area contributed by atoms with Crippen molar-refractivity contribution in [2.45, 2.75) is 6.17 Å². The lowest BCUT2D eigenvalue weighted by molar-refractivity contribution is 0.666. The van der Waals surface area contributed by atoms with Gasteiger partial charge in [0.2, 0.25) is 0 Å². The van der Waals surface area contributed by atoms with E-state index >= 15 is 0 Å². The van der Waals surface area contributed by atoms with Gasteiger partial charge in [0.15, 0.2) is 5.58 Å². The number of furan rings is 1. The van der Waals surface area contributed by atoms with Crippen LogP contribution < -0.4 is 10.2 Å². The average Bonchev–Trinajstić information content (AvgIpc) is 4.07. The smallest absolute Gasteiger partial charge is 0.159 e. The number of anilines is 3. The molecular formula is C55H36N4O. The second kappa shape index (κ2) is 12.7. The molecule has 5 heteroatoms. The number of nitrogens with one attached hydrogen (secondary N) is 1. The Labute approximate surface area is 345 Å². The number of hydrogen-bond donors (Lipinski definition) is 1. The van der Waals surface area contributed by atoms with E-state index in [2.05, 4.69) is 226 Å². The highest BCUT2D eigenvalue weighted by Gasteiger charge is 2.31.